The zero-order valence-corrected chi connectivity index (χ0v) is 12.9. The summed E-state index contributed by atoms with van der Waals surface area (Å²) in [5.74, 6) is 2.00. The van der Waals surface area contributed by atoms with Crippen molar-refractivity contribution < 1.29 is 9.47 Å². The van der Waals surface area contributed by atoms with E-state index in [1.807, 2.05) is 24.3 Å². The average Bonchev–Trinajstić information content (AvgIpc) is 2.47. The first-order valence-corrected chi connectivity index (χ1v) is 6.83. The monoisotopic (exact) mass is 287 g/mol. The Morgan fingerprint density at radius 2 is 1.86 bits per heavy atom. The van der Waals surface area contributed by atoms with E-state index in [9.17, 15) is 0 Å². The number of nitrogens with zero attached hydrogens (tertiary/aromatic N) is 2. The molecule has 0 aliphatic rings. The lowest BCUT2D eigenvalue weighted by molar-refractivity contribution is 0.404. The Morgan fingerprint density at radius 3 is 2.38 bits per heavy atom. The predicted molar refractivity (Wildman–Crippen MR) is 81.7 cm³/mol. The fraction of sp³-hybridized carbons (Fsp3) is 0.375. The third kappa shape index (κ3) is 3.70. The first kappa shape index (κ1) is 15.3. The molecule has 21 heavy (non-hydrogen) atoms. The summed E-state index contributed by atoms with van der Waals surface area (Å²) in [6.45, 7) is 6.73. The lowest BCUT2D eigenvalue weighted by Gasteiger charge is -2.23. The molecule has 0 atom stereocenters. The third-order valence-corrected chi connectivity index (χ3v) is 3.11. The van der Waals surface area contributed by atoms with Crippen LogP contribution in [0.3, 0.4) is 0 Å². The molecule has 2 N–H and O–H groups in total. The molecule has 0 spiro atoms. The van der Waals surface area contributed by atoms with Crippen molar-refractivity contribution in [1.82, 2.24) is 10.2 Å². The largest absolute Gasteiger partial charge is 0.497 e. The molecule has 5 heteroatoms. The van der Waals surface area contributed by atoms with Gasteiger partial charge in [-0.2, -0.15) is 5.10 Å². The molecular weight excluding hydrogens is 266 g/mol. The molecule has 2 aromatic rings. The Hall–Kier alpha value is -2.14. The lowest BCUT2D eigenvalue weighted by Crippen LogP contribution is -2.13. The minimum absolute atomic E-state index is 0.0749. The van der Waals surface area contributed by atoms with Gasteiger partial charge in [0.05, 0.1) is 12.8 Å². The highest BCUT2D eigenvalue weighted by Gasteiger charge is 2.20. The number of aromatic nitrogens is 2. The highest BCUT2D eigenvalue weighted by Crippen LogP contribution is 2.36. The summed E-state index contributed by atoms with van der Waals surface area (Å²) < 4.78 is 11.2. The molecule has 2 rings (SSSR count). The molecule has 0 fully saturated rings. The molecule has 0 aliphatic carbocycles. The van der Waals surface area contributed by atoms with Crippen molar-refractivity contribution in [3.8, 4) is 17.4 Å². The second-order valence-corrected chi connectivity index (χ2v) is 5.78. The number of hydrogen-bond acceptors (Lipinski definition) is 5. The smallest absolute Gasteiger partial charge is 0.238 e. The van der Waals surface area contributed by atoms with Crippen LogP contribution < -0.4 is 15.2 Å². The topological polar surface area (TPSA) is 70.3 Å². The Kier molecular flexibility index (Phi) is 4.43. The molecule has 0 radical (unpaired) electrons. The van der Waals surface area contributed by atoms with E-state index >= 15 is 0 Å². The Morgan fingerprint density at radius 1 is 1.10 bits per heavy atom. The molecule has 1 aromatic heterocycles. The van der Waals surface area contributed by atoms with Gasteiger partial charge in [0.1, 0.15) is 11.5 Å². The maximum Gasteiger partial charge on any atom is 0.238 e. The van der Waals surface area contributed by atoms with Crippen molar-refractivity contribution in [3.63, 3.8) is 0 Å². The fourth-order valence-electron chi connectivity index (χ4n) is 1.93. The normalized spacial score (nSPS) is 11.3. The van der Waals surface area contributed by atoms with E-state index in [2.05, 4.69) is 31.0 Å². The maximum absolute atomic E-state index is 5.87. The van der Waals surface area contributed by atoms with Gasteiger partial charge in [0.15, 0.2) is 0 Å². The van der Waals surface area contributed by atoms with Crippen LogP contribution in [0.4, 0.5) is 0 Å². The number of rotatable bonds is 4. The van der Waals surface area contributed by atoms with E-state index in [1.165, 1.54) is 0 Å². The van der Waals surface area contributed by atoms with Gasteiger partial charge >= 0.3 is 0 Å². The molecule has 112 valence electrons. The summed E-state index contributed by atoms with van der Waals surface area (Å²) in [5, 5.41) is 8.02. The van der Waals surface area contributed by atoms with Gasteiger partial charge in [-0.25, -0.2) is 0 Å². The predicted octanol–water partition coefficient (Wildman–Crippen LogP) is 3.03. The van der Waals surface area contributed by atoms with Gasteiger partial charge in [0.25, 0.3) is 0 Å². The number of methoxy groups -OCH3 is 1. The second kappa shape index (κ2) is 6.10. The molecule has 5 nitrogen and oxygen atoms in total. The first-order chi connectivity index (χ1) is 9.94. The van der Waals surface area contributed by atoms with E-state index in [-0.39, 0.29) is 5.41 Å². The summed E-state index contributed by atoms with van der Waals surface area (Å²) in [7, 11) is 1.65. The number of ether oxygens (including phenoxy) is 2. The van der Waals surface area contributed by atoms with Crippen LogP contribution in [0.25, 0.3) is 0 Å². The highest BCUT2D eigenvalue weighted by molar-refractivity contribution is 5.45. The van der Waals surface area contributed by atoms with Gasteiger partial charge in [-0.1, -0.05) is 20.8 Å². The Bertz CT molecular complexity index is 604. The first-order valence-electron chi connectivity index (χ1n) is 6.83. The van der Waals surface area contributed by atoms with E-state index in [0.717, 1.165) is 22.8 Å². The van der Waals surface area contributed by atoms with Crippen molar-refractivity contribution in [2.45, 2.75) is 32.7 Å². The zero-order chi connectivity index (χ0) is 15.5. The zero-order valence-electron chi connectivity index (χ0n) is 12.9. The van der Waals surface area contributed by atoms with Crippen LogP contribution in [-0.4, -0.2) is 17.3 Å². The van der Waals surface area contributed by atoms with Crippen LogP contribution in [0.1, 0.15) is 32.0 Å². The molecule has 0 amide bonds. The summed E-state index contributed by atoms with van der Waals surface area (Å²) >= 11 is 0. The van der Waals surface area contributed by atoms with Crippen LogP contribution in [-0.2, 0) is 12.0 Å². The fourth-order valence-corrected chi connectivity index (χ4v) is 1.93. The highest BCUT2D eigenvalue weighted by atomic mass is 16.5. The standard InChI is InChI=1S/C16H21N3O2/c1-16(2,3)13-9-12(20-4)6-7-14(13)21-15-8-5-11(10-17)18-19-15/h5-9H,10,17H2,1-4H3. The van der Waals surface area contributed by atoms with E-state index < -0.39 is 0 Å². The van der Waals surface area contributed by atoms with Crippen LogP contribution in [0, 0.1) is 0 Å². The Labute approximate surface area is 125 Å². The summed E-state index contributed by atoms with van der Waals surface area (Å²) in [5.41, 5.74) is 7.21. The van der Waals surface area contributed by atoms with Crippen molar-refractivity contribution in [1.29, 1.82) is 0 Å². The minimum Gasteiger partial charge on any atom is -0.497 e. The third-order valence-electron chi connectivity index (χ3n) is 3.11. The van der Waals surface area contributed by atoms with Crippen LogP contribution in [0.5, 0.6) is 17.4 Å². The number of benzene rings is 1. The second-order valence-electron chi connectivity index (χ2n) is 5.78. The van der Waals surface area contributed by atoms with Crippen LogP contribution in [0.15, 0.2) is 30.3 Å². The number of hydrogen-bond donors (Lipinski definition) is 1. The van der Waals surface area contributed by atoms with Gasteiger partial charge in [0, 0.05) is 18.2 Å². The van der Waals surface area contributed by atoms with Gasteiger partial charge in [-0.05, 0) is 29.7 Å². The summed E-state index contributed by atoms with van der Waals surface area (Å²) in [6.07, 6.45) is 0. The van der Waals surface area contributed by atoms with E-state index in [4.69, 9.17) is 15.2 Å². The maximum atomic E-state index is 5.87. The molecule has 0 aliphatic heterocycles. The van der Waals surface area contributed by atoms with Crippen molar-refractivity contribution in [3.05, 3.63) is 41.6 Å². The summed E-state index contributed by atoms with van der Waals surface area (Å²) in [6, 6.07) is 9.32. The van der Waals surface area contributed by atoms with Gasteiger partial charge in [0.2, 0.25) is 5.88 Å². The average molecular weight is 287 g/mol. The molecular formula is C16H21N3O2. The SMILES string of the molecule is COc1ccc(Oc2ccc(CN)nn2)c(C(C)(C)C)c1. The molecule has 0 saturated carbocycles. The lowest BCUT2D eigenvalue weighted by atomic mass is 9.86. The van der Waals surface area contributed by atoms with Crippen molar-refractivity contribution in [2.24, 2.45) is 5.73 Å². The molecule has 1 heterocycles. The van der Waals surface area contributed by atoms with Gasteiger partial charge in [-0.3, -0.25) is 0 Å². The van der Waals surface area contributed by atoms with E-state index in [0.29, 0.717) is 12.4 Å². The molecule has 0 saturated heterocycles. The molecule has 0 bridgehead atoms. The Balaban J connectivity index is 2.34. The minimum atomic E-state index is -0.0749. The van der Waals surface area contributed by atoms with Gasteiger partial charge in [-0.15, -0.1) is 5.10 Å². The molecule has 1 aromatic carbocycles. The van der Waals surface area contributed by atoms with Gasteiger partial charge < -0.3 is 15.2 Å². The van der Waals surface area contributed by atoms with Crippen molar-refractivity contribution in [2.75, 3.05) is 7.11 Å². The van der Waals surface area contributed by atoms with Crippen LogP contribution >= 0.6 is 0 Å². The van der Waals surface area contributed by atoms with Crippen LogP contribution in [0.2, 0.25) is 0 Å². The summed E-state index contributed by atoms with van der Waals surface area (Å²) in [4.78, 5) is 0. The quantitative estimate of drug-likeness (QED) is 0.936. The van der Waals surface area contributed by atoms with E-state index in [1.54, 1.807) is 13.2 Å². The number of nitrogens with two attached hydrogens (primary N) is 1. The molecule has 0 unspecified atom stereocenters. The van der Waals surface area contributed by atoms with Crippen molar-refractivity contribution >= 4 is 0 Å².